The Bertz CT molecular complexity index is 434. The van der Waals surface area contributed by atoms with E-state index in [9.17, 15) is 4.79 Å². The third-order valence-corrected chi connectivity index (χ3v) is 4.06. The van der Waals surface area contributed by atoms with Gasteiger partial charge >= 0.3 is 0 Å². The van der Waals surface area contributed by atoms with Gasteiger partial charge in [-0.2, -0.15) is 0 Å². The SMILES string of the molecule is CC(N)C1CCN(C(=O)Cc2cccc(Br)c2)C1. The first-order valence-electron chi connectivity index (χ1n) is 6.34. The lowest BCUT2D eigenvalue weighted by molar-refractivity contribution is -0.129. The van der Waals surface area contributed by atoms with Gasteiger partial charge in [-0.1, -0.05) is 28.1 Å². The molecule has 1 saturated heterocycles. The Morgan fingerprint density at radius 3 is 3.00 bits per heavy atom. The molecule has 0 saturated carbocycles. The standard InChI is InChI=1S/C14H19BrN2O/c1-10(16)12-5-6-17(9-12)14(18)8-11-3-2-4-13(15)7-11/h2-4,7,10,12H,5-6,8-9,16H2,1H3. The van der Waals surface area contributed by atoms with Crippen molar-refractivity contribution in [1.82, 2.24) is 4.90 Å². The van der Waals surface area contributed by atoms with E-state index in [2.05, 4.69) is 15.9 Å². The fourth-order valence-corrected chi connectivity index (χ4v) is 2.82. The molecule has 18 heavy (non-hydrogen) atoms. The average Bonchev–Trinajstić information content (AvgIpc) is 2.78. The summed E-state index contributed by atoms with van der Waals surface area (Å²) in [5.74, 6) is 0.660. The lowest BCUT2D eigenvalue weighted by atomic mass is 10.0. The molecule has 2 rings (SSSR count). The molecule has 1 heterocycles. The highest BCUT2D eigenvalue weighted by Gasteiger charge is 2.28. The quantitative estimate of drug-likeness (QED) is 0.930. The zero-order valence-corrected chi connectivity index (χ0v) is 12.2. The minimum atomic E-state index is 0.175. The Kier molecular flexibility index (Phi) is 4.40. The molecule has 1 aromatic carbocycles. The number of nitrogens with two attached hydrogens (primary N) is 1. The number of likely N-dealkylation sites (tertiary alicyclic amines) is 1. The number of hydrogen-bond acceptors (Lipinski definition) is 2. The van der Waals surface area contributed by atoms with Crippen LogP contribution in [-0.4, -0.2) is 29.9 Å². The Balaban J connectivity index is 1.93. The molecule has 1 aliphatic rings. The number of amides is 1. The zero-order valence-electron chi connectivity index (χ0n) is 10.6. The van der Waals surface area contributed by atoms with Crippen LogP contribution in [0.3, 0.4) is 0 Å². The van der Waals surface area contributed by atoms with Crippen molar-refractivity contribution in [2.45, 2.75) is 25.8 Å². The highest BCUT2D eigenvalue weighted by Crippen LogP contribution is 2.20. The van der Waals surface area contributed by atoms with Crippen LogP contribution in [0.25, 0.3) is 0 Å². The molecule has 98 valence electrons. The maximum Gasteiger partial charge on any atom is 0.227 e. The molecule has 1 amide bonds. The molecule has 0 radical (unpaired) electrons. The Morgan fingerprint density at radius 1 is 1.61 bits per heavy atom. The molecule has 2 unspecified atom stereocenters. The number of benzene rings is 1. The first-order chi connectivity index (χ1) is 8.56. The van der Waals surface area contributed by atoms with Crippen LogP contribution in [0.1, 0.15) is 18.9 Å². The lowest BCUT2D eigenvalue weighted by Crippen LogP contribution is -2.33. The monoisotopic (exact) mass is 310 g/mol. The summed E-state index contributed by atoms with van der Waals surface area (Å²) in [5, 5.41) is 0. The fourth-order valence-electron chi connectivity index (χ4n) is 2.38. The molecule has 0 aliphatic carbocycles. The fraction of sp³-hybridized carbons (Fsp3) is 0.500. The summed E-state index contributed by atoms with van der Waals surface area (Å²) in [6, 6.07) is 8.09. The second kappa shape index (κ2) is 5.85. The average molecular weight is 311 g/mol. The summed E-state index contributed by atoms with van der Waals surface area (Å²) in [7, 11) is 0. The van der Waals surface area contributed by atoms with Crippen LogP contribution >= 0.6 is 15.9 Å². The van der Waals surface area contributed by atoms with Crippen molar-refractivity contribution in [3.05, 3.63) is 34.3 Å². The van der Waals surface area contributed by atoms with E-state index in [1.807, 2.05) is 36.1 Å². The first-order valence-corrected chi connectivity index (χ1v) is 7.13. The molecule has 0 spiro atoms. The molecule has 1 fully saturated rings. The van der Waals surface area contributed by atoms with Crippen LogP contribution in [0.5, 0.6) is 0 Å². The molecular weight excluding hydrogens is 292 g/mol. The van der Waals surface area contributed by atoms with Gasteiger partial charge in [0, 0.05) is 23.6 Å². The summed E-state index contributed by atoms with van der Waals surface area (Å²) in [6.45, 7) is 3.68. The van der Waals surface area contributed by atoms with Crippen LogP contribution in [-0.2, 0) is 11.2 Å². The van der Waals surface area contributed by atoms with E-state index in [1.165, 1.54) is 0 Å². The third kappa shape index (κ3) is 3.33. The van der Waals surface area contributed by atoms with Gasteiger partial charge in [-0.15, -0.1) is 0 Å². The summed E-state index contributed by atoms with van der Waals surface area (Å²) < 4.78 is 1.02. The van der Waals surface area contributed by atoms with Gasteiger partial charge in [0.25, 0.3) is 0 Å². The predicted octanol–water partition coefficient (Wildman–Crippen LogP) is 2.19. The largest absolute Gasteiger partial charge is 0.342 e. The van der Waals surface area contributed by atoms with Crippen molar-refractivity contribution in [1.29, 1.82) is 0 Å². The highest BCUT2D eigenvalue weighted by molar-refractivity contribution is 9.10. The lowest BCUT2D eigenvalue weighted by Gasteiger charge is -2.18. The highest BCUT2D eigenvalue weighted by atomic mass is 79.9. The maximum absolute atomic E-state index is 12.2. The van der Waals surface area contributed by atoms with Gasteiger partial charge in [0.2, 0.25) is 5.91 Å². The second-order valence-corrected chi connectivity index (χ2v) is 5.97. The minimum absolute atomic E-state index is 0.175. The van der Waals surface area contributed by atoms with Crippen molar-refractivity contribution in [3.8, 4) is 0 Å². The summed E-state index contributed by atoms with van der Waals surface area (Å²) in [4.78, 5) is 14.1. The van der Waals surface area contributed by atoms with Gasteiger partial charge < -0.3 is 10.6 Å². The van der Waals surface area contributed by atoms with Crippen molar-refractivity contribution < 1.29 is 4.79 Å². The van der Waals surface area contributed by atoms with E-state index in [1.54, 1.807) is 0 Å². The number of hydrogen-bond donors (Lipinski definition) is 1. The number of carbonyl (C=O) groups is 1. The summed E-state index contributed by atoms with van der Waals surface area (Å²) in [5.41, 5.74) is 6.94. The van der Waals surface area contributed by atoms with Gasteiger partial charge in [0.1, 0.15) is 0 Å². The van der Waals surface area contributed by atoms with Crippen LogP contribution in [0, 0.1) is 5.92 Å². The molecule has 0 aromatic heterocycles. The Hall–Kier alpha value is -0.870. The van der Waals surface area contributed by atoms with Gasteiger partial charge in [0.15, 0.2) is 0 Å². The molecule has 2 N–H and O–H groups in total. The molecule has 4 heteroatoms. The number of halogens is 1. The topological polar surface area (TPSA) is 46.3 Å². The Labute approximate surface area is 116 Å². The van der Waals surface area contributed by atoms with E-state index < -0.39 is 0 Å². The van der Waals surface area contributed by atoms with E-state index in [0.29, 0.717) is 12.3 Å². The van der Waals surface area contributed by atoms with E-state index in [4.69, 9.17) is 5.73 Å². The molecule has 0 bridgehead atoms. The van der Waals surface area contributed by atoms with Crippen molar-refractivity contribution in [2.24, 2.45) is 11.7 Å². The van der Waals surface area contributed by atoms with Crippen LogP contribution < -0.4 is 5.73 Å². The van der Waals surface area contributed by atoms with Crippen molar-refractivity contribution in [3.63, 3.8) is 0 Å². The number of carbonyl (C=O) groups excluding carboxylic acids is 1. The van der Waals surface area contributed by atoms with Crippen molar-refractivity contribution >= 4 is 21.8 Å². The van der Waals surface area contributed by atoms with Gasteiger partial charge in [-0.05, 0) is 37.0 Å². The molecule has 2 atom stereocenters. The van der Waals surface area contributed by atoms with Gasteiger partial charge in [0.05, 0.1) is 6.42 Å². The number of rotatable bonds is 3. The smallest absolute Gasteiger partial charge is 0.227 e. The molecule has 1 aliphatic heterocycles. The molecule has 3 nitrogen and oxygen atoms in total. The molecular formula is C14H19BrN2O. The second-order valence-electron chi connectivity index (χ2n) is 5.05. The van der Waals surface area contributed by atoms with Crippen LogP contribution in [0.2, 0.25) is 0 Å². The third-order valence-electron chi connectivity index (χ3n) is 3.57. The zero-order chi connectivity index (χ0) is 13.1. The minimum Gasteiger partial charge on any atom is -0.342 e. The predicted molar refractivity (Wildman–Crippen MR) is 76.2 cm³/mol. The van der Waals surface area contributed by atoms with E-state index in [0.717, 1.165) is 29.5 Å². The van der Waals surface area contributed by atoms with Crippen molar-refractivity contribution in [2.75, 3.05) is 13.1 Å². The van der Waals surface area contributed by atoms with Crippen LogP contribution in [0.4, 0.5) is 0 Å². The first kappa shape index (κ1) is 13.6. The van der Waals surface area contributed by atoms with E-state index >= 15 is 0 Å². The maximum atomic E-state index is 12.2. The van der Waals surface area contributed by atoms with E-state index in [-0.39, 0.29) is 11.9 Å². The summed E-state index contributed by atoms with van der Waals surface area (Å²) in [6.07, 6.45) is 1.51. The number of nitrogens with zero attached hydrogens (tertiary/aromatic N) is 1. The molecule has 1 aromatic rings. The van der Waals surface area contributed by atoms with Gasteiger partial charge in [-0.25, -0.2) is 0 Å². The summed E-state index contributed by atoms with van der Waals surface area (Å²) >= 11 is 3.42. The van der Waals surface area contributed by atoms with Crippen LogP contribution in [0.15, 0.2) is 28.7 Å². The van der Waals surface area contributed by atoms with Gasteiger partial charge in [-0.3, -0.25) is 4.79 Å². The normalized spacial score (nSPS) is 21.1. The Morgan fingerprint density at radius 2 is 2.39 bits per heavy atom.